The van der Waals surface area contributed by atoms with Crippen LogP contribution in [0.1, 0.15) is 33.4 Å². The summed E-state index contributed by atoms with van der Waals surface area (Å²) in [7, 11) is 3.73. The van der Waals surface area contributed by atoms with Crippen molar-refractivity contribution in [3.05, 3.63) is 53.2 Å². The van der Waals surface area contributed by atoms with Gasteiger partial charge in [-0.25, -0.2) is 0 Å². The van der Waals surface area contributed by atoms with E-state index < -0.39 is 0 Å². The topological polar surface area (TPSA) is 68.8 Å². The van der Waals surface area contributed by atoms with Gasteiger partial charge in [-0.15, -0.1) is 0 Å². The number of carbonyl (C=O) groups excluding carboxylic acids is 1. The van der Waals surface area contributed by atoms with E-state index in [1.165, 1.54) is 5.56 Å². The molecule has 0 radical (unpaired) electrons. The minimum absolute atomic E-state index is 0.0238. The molecule has 26 heavy (non-hydrogen) atoms. The summed E-state index contributed by atoms with van der Waals surface area (Å²) in [4.78, 5) is 18.8. The highest BCUT2D eigenvalue weighted by Crippen LogP contribution is 2.30. The normalized spacial score (nSPS) is 14.5. The molecule has 4 rings (SSSR count). The third-order valence-electron chi connectivity index (χ3n) is 5.21. The molecule has 0 bridgehead atoms. The van der Waals surface area contributed by atoms with Crippen LogP contribution in [0.4, 0.5) is 0 Å². The molecular weight excluding hydrogens is 328 g/mol. The van der Waals surface area contributed by atoms with Crippen LogP contribution < -0.4 is 0 Å². The van der Waals surface area contributed by atoms with Gasteiger partial charge in [0, 0.05) is 56.8 Å². The fourth-order valence-electron chi connectivity index (χ4n) is 3.59. The van der Waals surface area contributed by atoms with E-state index in [1.54, 1.807) is 17.1 Å². The second-order valence-corrected chi connectivity index (χ2v) is 6.90. The molecular formula is C19H22N6O. The van der Waals surface area contributed by atoms with Gasteiger partial charge in [-0.2, -0.15) is 10.2 Å². The number of likely N-dealkylation sites (tertiary alicyclic amines) is 1. The first-order chi connectivity index (χ1) is 12.5. The standard InChI is InChI=1S/C19H22N6O/c1-12-18(13(2)23(3)21-12)16-9-17(24(4)22-16)19(26)25-10-15(11-25)14-5-7-20-8-6-14/h5-9,15H,10-11H2,1-4H3. The SMILES string of the molecule is Cc1nn(C)c(C)c1-c1cc(C(=O)N2CC(c3ccncc3)C2)n(C)n1. The minimum Gasteiger partial charge on any atom is -0.336 e. The Hall–Kier alpha value is -2.96. The first-order valence-corrected chi connectivity index (χ1v) is 8.69. The third-order valence-corrected chi connectivity index (χ3v) is 5.21. The molecule has 3 aromatic rings. The maximum absolute atomic E-state index is 12.9. The Bertz CT molecular complexity index is 966. The van der Waals surface area contributed by atoms with Crippen molar-refractivity contribution in [2.45, 2.75) is 19.8 Å². The lowest BCUT2D eigenvalue weighted by Crippen LogP contribution is -2.48. The zero-order valence-corrected chi connectivity index (χ0v) is 15.5. The average Bonchev–Trinajstić information content (AvgIpc) is 3.06. The van der Waals surface area contributed by atoms with Crippen molar-refractivity contribution in [1.82, 2.24) is 29.4 Å². The van der Waals surface area contributed by atoms with Gasteiger partial charge in [0.1, 0.15) is 5.69 Å². The molecule has 7 nitrogen and oxygen atoms in total. The molecule has 0 atom stereocenters. The summed E-state index contributed by atoms with van der Waals surface area (Å²) in [5.74, 6) is 0.410. The molecule has 0 unspecified atom stereocenters. The first kappa shape index (κ1) is 16.5. The number of pyridine rings is 1. The van der Waals surface area contributed by atoms with E-state index in [0.717, 1.165) is 35.7 Å². The molecule has 0 N–H and O–H groups in total. The number of nitrogens with zero attached hydrogens (tertiary/aromatic N) is 6. The highest BCUT2D eigenvalue weighted by atomic mass is 16.2. The molecule has 1 aliphatic heterocycles. The van der Waals surface area contributed by atoms with E-state index in [-0.39, 0.29) is 5.91 Å². The zero-order chi connectivity index (χ0) is 18.4. The van der Waals surface area contributed by atoms with Crippen molar-refractivity contribution in [1.29, 1.82) is 0 Å². The Morgan fingerprint density at radius 2 is 1.77 bits per heavy atom. The van der Waals surface area contributed by atoms with E-state index in [9.17, 15) is 4.79 Å². The van der Waals surface area contributed by atoms with Crippen LogP contribution in [-0.2, 0) is 14.1 Å². The number of rotatable bonds is 3. The van der Waals surface area contributed by atoms with Crippen LogP contribution in [0.2, 0.25) is 0 Å². The Morgan fingerprint density at radius 3 is 2.38 bits per heavy atom. The summed E-state index contributed by atoms with van der Waals surface area (Å²) in [6, 6.07) is 5.91. The monoisotopic (exact) mass is 350 g/mol. The quantitative estimate of drug-likeness (QED) is 0.725. The minimum atomic E-state index is 0.0238. The fraction of sp³-hybridized carbons (Fsp3) is 0.368. The first-order valence-electron chi connectivity index (χ1n) is 8.69. The third kappa shape index (κ3) is 2.60. The highest BCUT2D eigenvalue weighted by molar-refractivity contribution is 5.94. The Labute approximate surface area is 152 Å². The Kier molecular flexibility index (Phi) is 3.86. The molecule has 134 valence electrons. The van der Waals surface area contributed by atoms with Crippen LogP contribution in [-0.4, -0.2) is 48.4 Å². The van der Waals surface area contributed by atoms with E-state index in [4.69, 9.17) is 0 Å². The predicted octanol–water partition coefficient (Wildman–Crippen LogP) is 2.07. The molecule has 0 aliphatic carbocycles. The van der Waals surface area contributed by atoms with Gasteiger partial charge in [0.15, 0.2) is 0 Å². The number of amides is 1. The lowest BCUT2D eigenvalue weighted by molar-refractivity contribution is 0.0591. The van der Waals surface area contributed by atoms with Gasteiger partial charge in [-0.3, -0.25) is 19.1 Å². The zero-order valence-electron chi connectivity index (χ0n) is 15.5. The van der Waals surface area contributed by atoms with E-state index in [1.807, 2.05) is 55.7 Å². The second kappa shape index (κ2) is 6.09. The van der Waals surface area contributed by atoms with Crippen LogP contribution >= 0.6 is 0 Å². The summed E-state index contributed by atoms with van der Waals surface area (Å²) in [6.07, 6.45) is 3.59. The molecule has 0 spiro atoms. The Balaban J connectivity index is 1.54. The van der Waals surface area contributed by atoms with Crippen LogP contribution in [0.25, 0.3) is 11.3 Å². The van der Waals surface area contributed by atoms with E-state index in [2.05, 4.69) is 15.2 Å². The Morgan fingerprint density at radius 1 is 1.08 bits per heavy atom. The molecule has 7 heteroatoms. The van der Waals surface area contributed by atoms with Crippen LogP contribution in [0.3, 0.4) is 0 Å². The van der Waals surface area contributed by atoms with Crippen LogP contribution in [0.15, 0.2) is 30.6 Å². The number of hydrogen-bond donors (Lipinski definition) is 0. The maximum Gasteiger partial charge on any atom is 0.272 e. The maximum atomic E-state index is 12.9. The van der Waals surface area contributed by atoms with E-state index >= 15 is 0 Å². The van der Waals surface area contributed by atoms with Gasteiger partial charge in [-0.05, 0) is 37.6 Å². The molecule has 1 saturated heterocycles. The molecule has 1 fully saturated rings. The molecule has 0 saturated carbocycles. The van der Waals surface area contributed by atoms with Crippen LogP contribution in [0.5, 0.6) is 0 Å². The largest absolute Gasteiger partial charge is 0.336 e. The van der Waals surface area contributed by atoms with E-state index in [0.29, 0.717) is 11.6 Å². The summed E-state index contributed by atoms with van der Waals surface area (Å²) in [5.41, 5.74) is 5.60. The lowest BCUT2D eigenvalue weighted by Gasteiger charge is -2.39. The van der Waals surface area contributed by atoms with Gasteiger partial charge in [-0.1, -0.05) is 0 Å². The number of carbonyl (C=O) groups is 1. The van der Waals surface area contributed by atoms with Crippen molar-refractivity contribution in [2.24, 2.45) is 14.1 Å². The van der Waals surface area contributed by atoms with Crippen molar-refractivity contribution in [3.8, 4) is 11.3 Å². The molecule has 4 heterocycles. The average molecular weight is 350 g/mol. The van der Waals surface area contributed by atoms with Crippen molar-refractivity contribution >= 4 is 5.91 Å². The van der Waals surface area contributed by atoms with Gasteiger partial charge in [0.05, 0.1) is 11.4 Å². The summed E-state index contributed by atoms with van der Waals surface area (Å²) < 4.78 is 3.51. The van der Waals surface area contributed by atoms with Gasteiger partial charge >= 0.3 is 0 Å². The fourth-order valence-corrected chi connectivity index (χ4v) is 3.59. The summed E-state index contributed by atoms with van der Waals surface area (Å²) in [6.45, 7) is 5.44. The van der Waals surface area contributed by atoms with Crippen LogP contribution in [0, 0.1) is 13.8 Å². The number of aromatic nitrogens is 5. The lowest BCUT2D eigenvalue weighted by atomic mass is 9.92. The smallest absolute Gasteiger partial charge is 0.272 e. The predicted molar refractivity (Wildman–Crippen MR) is 97.8 cm³/mol. The molecule has 3 aromatic heterocycles. The molecule has 1 aliphatic rings. The van der Waals surface area contributed by atoms with Gasteiger partial charge in [0.25, 0.3) is 5.91 Å². The van der Waals surface area contributed by atoms with Gasteiger partial charge < -0.3 is 4.90 Å². The number of aryl methyl sites for hydroxylation is 3. The van der Waals surface area contributed by atoms with Crippen molar-refractivity contribution in [3.63, 3.8) is 0 Å². The number of hydrogen-bond acceptors (Lipinski definition) is 4. The highest BCUT2D eigenvalue weighted by Gasteiger charge is 2.33. The summed E-state index contributed by atoms with van der Waals surface area (Å²) in [5, 5.41) is 9.01. The van der Waals surface area contributed by atoms with Crippen molar-refractivity contribution < 1.29 is 4.79 Å². The molecule has 0 aromatic carbocycles. The molecule has 1 amide bonds. The second-order valence-electron chi connectivity index (χ2n) is 6.90. The van der Waals surface area contributed by atoms with Gasteiger partial charge in [0.2, 0.25) is 0 Å². The summed E-state index contributed by atoms with van der Waals surface area (Å²) >= 11 is 0. The van der Waals surface area contributed by atoms with Crippen molar-refractivity contribution in [2.75, 3.05) is 13.1 Å².